The topological polar surface area (TPSA) is 53.8 Å². The van der Waals surface area contributed by atoms with E-state index >= 15 is 0 Å². The number of aliphatic imine (C=N–C) groups is 1. The fraction of sp³-hybridized carbons (Fsp3) is 0.522. The molecule has 0 aliphatic carbocycles. The molecule has 30 heavy (non-hydrogen) atoms. The van der Waals surface area contributed by atoms with Crippen molar-refractivity contribution in [3.05, 3.63) is 59.9 Å². The minimum atomic E-state index is -0.0186. The second kappa shape index (κ2) is 11.7. The Bertz CT molecular complexity index is 786. The zero-order valence-corrected chi connectivity index (χ0v) is 20.9. The van der Waals surface area contributed by atoms with Crippen molar-refractivity contribution in [2.75, 3.05) is 33.9 Å². The van der Waals surface area contributed by atoms with Crippen molar-refractivity contribution in [2.45, 2.75) is 37.9 Å². The molecule has 0 spiro atoms. The summed E-state index contributed by atoms with van der Waals surface area (Å²) >= 11 is 0. The second-order valence-corrected chi connectivity index (χ2v) is 8.04. The number of aryl methyl sites for hydroxylation is 1. The lowest BCUT2D eigenvalue weighted by atomic mass is 9.88. The number of guanidine groups is 1. The number of nitrogens with zero attached hydrogens (tertiary/aromatic N) is 3. The van der Waals surface area contributed by atoms with Crippen LogP contribution in [-0.2, 0) is 18.3 Å². The molecule has 2 aromatic rings. The predicted octanol–water partition coefficient (Wildman–Crippen LogP) is 3.55. The summed E-state index contributed by atoms with van der Waals surface area (Å²) in [6.07, 6.45) is 4.04. The Hall–Kier alpha value is -1.58. The van der Waals surface area contributed by atoms with E-state index in [1.165, 1.54) is 11.3 Å². The van der Waals surface area contributed by atoms with Gasteiger partial charge in [-0.3, -0.25) is 4.99 Å². The average molecular weight is 525 g/mol. The van der Waals surface area contributed by atoms with Gasteiger partial charge in [-0.15, -0.1) is 24.0 Å². The molecule has 2 N–H and O–H groups in total. The lowest BCUT2D eigenvalue weighted by Crippen LogP contribution is -2.58. The second-order valence-electron chi connectivity index (χ2n) is 8.04. The lowest BCUT2D eigenvalue weighted by molar-refractivity contribution is 0.0353. The minimum Gasteiger partial charge on any atom is -0.381 e. The third-order valence-electron chi connectivity index (χ3n) is 5.88. The van der Waals surface area contributed by atoms with Gasteiger partial charge in [-0.2, -0.15) is 0 Å². The summed E-state index contributed by atoms with van der Waals surface area (Å²) in [6.45, 7) is 5.44. The first-order chi connectivity index (χ1) is 14.0. The molecule has 1 saturated heterocycles. The SMILES string of the molecule is CN=C(NCC1(NC(C)c2ccccc2)CCOCC1)N(C)Cc1cccn1C.I. The zero-order chi connectivity index (χ0) is 20.7. The monoisotopic (exact) mass is 525 g/mol. The van der Waals surface area contributed by atoms with E-state index in [4.69, 9.17) is 4.74 Å². The van der Waals surface area contributed by atoms with E-state index in [1.807, 2.05) is 7.05 Å². The van der Waals surface area contributed by atoms with E-state index in [2.05, 4.69) is 94.8 Å². The Kier molecular flexibility index (Phi) is 9.64. The molecule has 1 atom stereocenters. The van der Waals surface area contributed by atoms with Crippen LogP contribution in [0.25, 0.3) is 0 Å². The van der Waals surface area contributed by atoms with Gasteiger partial charge < -0.3 is 24.8 Å². The van der Waals surface area contributed by atoms with Crippen molar-refractivity contribution < 1.29 is 4.74 Å². The molecule has 0 bridgehead atoms. The van der Waals surface area contributed by atoms with Crippen LogP contribution in [-0.4, -0.2) is 54.8 Å². The largest absolute Gasteiger partial charge is 0.381 e. The van der Waals surface area contributed by atoms with Gasteiger partial charge in [-0.05, 0) is 37.5 Å². The summed E-state index contributed by atoms with van der Waals surface area (Å²) in [5.41, 5.74) is 2.55. The van der Waals surface area contributed by atoms with Crippen molar-refractivity contribution in [1.82, 2.24) is 20.1 Å². The number of benzene rings is 1. The Morgan fingerprint density at radius 1 is 1.20 bits per heavy atom. The molecule has 1 aliphatic heterocycles. The van der Waals surface area contributed by atoms with E-state index in [0.29, 0.717) is 0 Å². The Morgan fingerprint density at radius 3 is 2.50 bits per heavy atom. The van der Waals surface area contributed by atoms with Gasteiger partial charge in [0.25, 0.3) is 0 Å². The van der Waals surface area contributed by atoms with Crippen LogP contribution < -0.4 is 10.6 Å². The quantitative estimate of drug-likeness (QED) is 0.330. The summed E-state index contributed by atoms with van der Waals surface area (Å²) in [5, 5.41) is 7.52. The lowest BCUT2D eigenvalue weighted by Gasteiger charge is -2.41. The van der Waals surface area contributed by atoms with Crippen LogP contribution in [0.2, 0.25) is 0 Å². The molecule has 1 aliphatic rings. The van der Waals surface area contributed by atoms with Gasteiger partial charge in [0, 0.05) is 64.4 Å². The van der Waals surface area contributed by atoms with Gasteiger partial charge >= 0.3 is 0 Å². The molecule has 0 radical (unpaired) electrons. The number of hydrogen-bond donors (Lipinski definition) is 2. The minimum absolute atomic E-state index is 0. The van der Waals surface area contributed by atoms with Gasteiger partial charge in [0.05, 0.1) is 6.54 Å². The number of rotatable bonds is 7. The molecule has 0 amide bonds. The zero-order valence-electron chi connectivity index (χ0n) is 18.6. The molecular formula is C23H36IN5O. The van der Waals surface area contributed by atoms with E-state index < -0.39 is 0 Å². The van der Waals surface area contributed by atoms with Crippen LogP contribution in [0.1, 0.15) is 37.1 Å². The maximum absolute atomic E-state index is 5.66. The highest BCUT2D eigenvalue weighted by atomic mass is 127. The molecular weight excluding hydrogens is 489 g/mol. The van der Waals surface area contributed by atoms with Crippen LogP contribution in [0.15, 0.2) is 53.7 Å². The summed E-state index contributed by atoms with van der Waals surface area (Å²) in [5.74, 6) is 0.909. The van der Waals surface area contributed by atoms with Gasteiger partial charge in [-0.1, -0.05) is 30.3 Å². The Balaban J connectivity index is 0.00000320. The number of halogens is 1. The molecule has 3 rings (SSSR count). The molecule has 2 heterocycles. The maximum atomic E-state index is 5.66. The highest BCUT2D eigenvalue weighted by molar-refractivity contribution is 14.0. The van der Waals surface area contributed by atoms with Crippen molar-refractivity contribution in [2.24, 2.45) is 12.0 Å². The van der Waals surface area contributed by atoms with E-state index in [9.17, 15) is 0 Å². The smallest absolute Gasteiger partial charge is 0.193 e. The third-order valence-corrected chi connectivity index (χ3v) is 5.88. The number of aromatic nitrogens is 1. The maximum Gasteiger partial charge on any atom is 0.193 e. The molecule has 1 unspecified atom stereocenters. The molecule has 166 valence electrons. The van der Waals surface area contributed by atoms with E-state index in [1.54, 1.807) is 0 Å². The first-order valence-corrected chi connectivity index (χ1v) is 10.5. The molecule has 1 fully saturated rings. The molecule has 7 heteroatoms. The molecule has 6 nitrogen and oxygen atoms in total. The molecule has 0 saturated carbocycles. The van der Waals surface area contributed by atoms with E-state index in [-0.39, 0.29) is 35.6 Å². The first-order valence-electron chi connectivity index (χ1n) is 10.5. The van der Waals surface area contributed by atoms with Crippen molar-refractivity contribution in [3.63, 3.8) is 0 Å². The van der Waals surface area contributed by atoms with Crippen molar-refractivity contribution >= 4 is 29.9 Å². The van der Waals surface area contributed by atoms with Crippen LogP contribution in [0, 0.1) is 0 Å². The number of hydrogen-bond acceptors (Lipinski definition) is 3. The summed E-state index contributed by atoms with van der Waals surface area (Å²) in [7, 11) is 6.00. The Labute approximate surface area is 198 Å². The highest BCUT2D eigenvalue weighted by Crippen LogP contribution is 2.25. The fourth-order valence-corrected chi connectivity index (χ4v) is 4.03. The van der Waals surface area contributed by atoms with E-state index in [0.717, 1.165) is 45.1 Å². The van der Waals surface area contributed by atoms with Crippen molar-refractivity contribution in [1.29, 1.82) is 0 Å². The normalized spacial score (nSPS) is 17.1. The standard InChI is InChI=1S/C23H35N5O.HI/c1-19(20-9-6-5-7-10-20)26-23(12-15-29-16-13-23)18-25-22(24-2)28(4)17-21-11-8-14-27(21)3;/h5-11,14,19,26H,12-13,15-18H2,1-4H3,(H,24,25);1H. The number of ether oxygens (including phenoxy) is 1. The fourth-order valence-electron chi connectivity index (χ4n) is 4.03. The summed E-state index contributed by atoms with van der Waals surface area (Å²) in [4.78, 5) is 6.68. The van der Waals surface area contributed by atoms with Crippen molar-refractivity contribution in [3.8, 4) is 0 Å². The molecule has 1 aromatic heterocycles. The highest BCUT2D eigenvalue weighted by Gasteiger charge is 2.34. The average Bonchev–Trinajstić information content (AvgIpc) is 3.14. The molecule has 1 aromatic carbocycles. The first kappa shape index (κ1) is 24.7. The van der Waals surface area contributed by atoms with Crippen LogP contribution in [0.4, 0.5) is 0 Å². The van der Waals surface area contributed by atoms with Gasteiger partial charge in [0.2, 0.25) is 0 Å². The predicted molar refractivity (Wildman–Crippen MR) is 134 cm³/mol. The summed E-state index contributed by atoms with van der Waals surface area (Å²) < 4.78 is 7.81. The van der Waals surface area contributed by atoms with Crippen LogP contribution in [0.3, 0.4) is 0 Å². The Morgan fingerprint density at radius 2 is 1.90 bits per heavy atom. The summed E-state index contributed by atoms with van der Waals surface area (Å²) in [6, 6.07) is 15.1. The van der Waals surface area contributed by atoms with Gasteiger partial charge in [-0.25, -0.2) is 0 Å². The van der Waals surface area contributed by atoms with Gasteiger partial charge in [0.1, 0.15) is 0 Å². The third kappa shape index (κ3) is 6.46. The van der Waals surface area contributed by atoms with Crippen LogP contribution >= 0.6 is 24.0 Å². The van der Waals surface area contributed by atoms with Crippen LogP contribution in [0.5, 0.6) is 0 Å². The van der Waals surface area contributed by atoms with Gasteiger partial charge in [0.15, 0.2) is 5.96 Å². The number of nitrogens with one attached hydrogen (secondary N) is 2.